The maximum Gasteiger partial charge on any atom is 0.220 e. The number of aromatic nitrogens is 4. The molecule has 0 spiro atoms. The quantitative estimate of drug-likeness (QED) is 0.725. The lowest BCUT2D eigenvalue weighted by Gasteiger charge is -2.20. The van der Waals surface area contributed by atoms with Crippen LogP contribution >= 0.6 is 0 Å². The predicted octanol–water partition coefficient (Wildman–Crippen LogP) is 3.39. The zero-order valence-corrected chi connectivity index (χ0v) is 17.0. The van der Waals surface area contributed by atoms with E-state index in [-0.39, 0.29) is 23.5 Å². The molecule has 1 aromatic carbocycles. The van der Waals surface area contributed by atoms with Crippen LogP contribution in [0.25, 0.3) is 22.2 Å². The number of carbonyl (C=O) groups is 1. The van der Waals surface area contributed by atoms with Crippen LogP contribution in [0.1, 0.15) is 39.9 Å². The molecular weight excluding hydrogens is 354 g/mol. The van der Waals surface area contributed by atoms with E-state index < -0.39 is 0 Å². The monoisotopic (exact) mass is 381 g/mol. The third-order valence-electron chi connectivity index (χ3n) is 5.26. The van der Waals surface area contributed by atoms with Crippen LogP contribution < -0.4 is 10.1 Å². The number of aromatic amines is 1. The number of imidazole rings is 1. The Hall–Kier alpha value is -2.83. The Morgan fingerprint density at radius 3 is 2.71 bits per heavy atom. The van der Waals surface area contributed by atoms with Gasteiger partial charge in [-0.25, -0.2) is 4.98 Å². The van der Waals surface area contributed by atoms with Gasteiger partial charge in [-0.2, -0.15) is 5.10 Å². The van der Waals surface area contributed by atoms with E-state index in [1.165, 1.54) is 0 Å². The van der Waals surface area contributed by atoms with Crippen LogP contribution in [0, 0.1) is 12.8 Å². The number of fused-ring (bicyclic) bond motifs is 1. The van der Waals surface area contributed by atoms with Crippen LogP contribution in [-0.4, -0.2) is 38.3 Å². The summed E-state index contributed by atoms with van der Waals surface area (Å²) in [7, 11) is 0. The maximum absolute atomic E-state index is 11.6. The number of hydrogen-bond acceptors (Lipinski definition) is 4. The zero-order chi connectivity index (χ0) is 20.1. The van der Waals surface area contributed by atoms with E-state index >= 15 is 0 Å². The van der Waals surface area contributed by atoms with Crippen molar-refractivity contribution in [1.82, 2.24) is 25.1 Å². The standard InChI is InChI=1S/C21H27N5O2/c1-12(15-8-19(27)22-9-15)28-18-7-14(6-17-20(18)25-13(2)24-17)16-10-23-26(11-16)21(3,4)5/h6-7,10-12,15H,8-9H2,1-5H3,(H,22,27)(H,24,25)/t12-,15?/m1/s1. The second-order valence-electron chi connectivity index (χ2n) is 8.63. The predicted molar refractivity (Wildman–Crippen MR) is 108 cm³/mol. The van der Waals surface area contributed by atoms with E-state index in [2.05, 4.69) is 53.4 Å². The molecule has 148 valence electrons. The van der Waals surface area contributed by atoms with Gasteiger partial charge in [-0.1, -0.05) is 0 Å². The highest BCUT2D eigenvalue weighted by atomic mass is 16.5. The van der Waals surface area contributed by atoms with Gasteiger partial charge >= 0.3 is 0 Å². The molecule has 0 radical (unpaired) electrons. The molecule has 0 bridgehead atoms. The number of hydrogen-bond donors (Lipinski definition) is 2. The molecule has 1 aliphatic heterocycles. The van der Waals surface area contributed by atoms with Gasteiger partial charge in [0.15, 0.2) is 0 Å². The molecule has 0 saturated carbocycles. The van der Waals surface area contributed by atoms with Crippen LogP contribution in [0.5, 0.6) is 5.75 Å². The number of aryl methyl sites for hydroxylation is 1. The Morgan fingerprint density at radius 2 is 2.07 bits per heavy atom. The highest BCUT2D eigenvalue weighted by Gasteiger charge is 2.28. The second kappa shape index (κ2) is 6.65. The summed E-state index contributed by atoms with van der Waals surface area (Å²) in [6, 6.07) is 4.10. The SMILES string of the molecule is Cc1nc2c(O[C@H](C)C3CNC(=O)C3)cc(-c3cnn(C(C)(C)C)c3)cc2[nH]1. The van der Waals surface area contributed by atoms with Crippen molar-refractivity contribution in [2.45, 2.75) is 52.7 Å². The number of nitrogens with zero attached hydrogens (tertiary/aromatic N) is 3. The van der Waals surface area contributed by atoms with Gasteiger partial charge < -0.3 is 15.0 Å². The van der Waals surface area contributed by atoms with E-state index in [1.807, 2.05) is 30.8 Å². The molecule has 1 fully saturated rings. The number of carbonyl (C=O) groups excluding carboxylic acids is 1. The Labute approximate surface area is 164 Å². The summed E-state index contributed by atoms with van der Waals surface area (Å²) in [6.07, 6.45) is 4.34. The van der Waals surface area contributed by atoms with E-state index in [0.717, 1.165) is 33.7 Å². The summed E-state index contributed by atoms with van der Waals surface area (Å²) < 4.78 is 8.27. The molecule has 2 atom stereocenters. The van der Waals surface area contributed by atoms with Gasteiger partial charge in [0.05, 0.1) is 17.3 Å². The average molecular weight is 381 g/mol. The molecule has 3 heterocycles. The third-order valence-corrected chi connectivity index (χ3v) is 5.26. The van der Waals surface area contributed by atoms with Crippen molar-refractivity contribution >= 4 is 16.9 Å². The fourth-order valence-corrected chi connectivity index (χ4v) is 3.56. The minimum atomic E-state index is -0.0910. The molecule has 1 amide bonds. The fraction of sp³-hybridized carbons (Fsp3) is 0.476. The van der Waals surface area contributed by atoms with Crippen LogP contribution in [0.3, 0.4) is 0 Å². The number of amides is 1. The van der Waals surface area contributed by atoms with E-state index in [9.17, 15) is 4.79 Å². The lowest BCUT2D eigenvalue weighted by Crippen LogP contribution is -2.25. The number of benzene rings is 1. The number of rotatable bonds is 4. The lowest BCUT2D eigenvalue weighted by molar-refractivity contribution is -0.119. The number of ether oxygens (including phenoxy) is 1. The first kappa shape index (κ1) is 18.5. The van der Waals surface area contributed by atoms with Gasteiger partial charge in [-0.05, 0) is 52.3 Å². The lowest BCUT2D eigenvalue weighted by atomic mass is 10.0. The zero-order valence-electron chi connectivity index (χ0n) is 17.0. The average Bonchev–Trinajstić information content (AvgIpc) is 3.32. The summed E-state index contributed by atoms with van der Waals surface area (Å²) in [5, 5.41) is 7.40. The Morgan fingerprint density at radius 1 is 1.29 bits per heavy atom. The van der Waals surface area contributed by atoms with E-state index in [0.29, 0.717) is 13.0 Å². The molecule has 7 heteroatoms. The smallest absolute Gasteiger partial charge is 0.220 e. The molecular formula is C21H27N5O2. The summed E-state index contributed by atoms with van der Waals surface area (Å²) in [4.78, 5) is 19.5. The van der Waals surface area contributed by atoms with Gasteiger partial charge in [0.25, 0.3) is 0 Å². The Bertz CT molecular complexity index is 1030. The van der Waals surface area contributed by atoms with Crippen molar-refractivity contribution in [3.63, 3.8) is 0 Å². The van der Waals surface area contributed by atoms with Crippen LogP contribution in [-0.2, 0) is 10.3 Å². The third kappa shape index (κ3) is 3.48. The van der Waals surface area contributed by atoms with Crippen molar-refractivity contribution in [2.75, 3.05) is 6.54 Å². The van der Waals surface area contributed by atoms with E-state index in [4.69, 9.17) is 4.74 Å². The van der Waals surface area contributed by atoms with Gasteiger partial charge in [0.1, 0.15) is 23.2 Å². The largest absolute Gasteiger partial charge is 0.488 e. The van der Waals surface area contributed by atoms with Gasteiger partial charge in [0, 0.05) is 30.6 Å². The number of H-pyrrole nitrogens is 1. The molecule has 1 aliphatic rings. The van der Waals surface area contributed by atoms with Crippen molar-refractivity contribution in [3.8, 4) is 16.9 Å². The molecule has 0 aliphatic carbocycles. The minimum Gasteiger partial charge on any atom is -0.488 e. The summed E-state index contributed by atoms with van der Waals surface area (Å²) in [6.45, 7) is 11.0. The van der Waals surface area contributed by atoms with Crippen molar-refractivity contribution < 1.29 is 9.53 Å². The molecule has 3 aromatic rings. The van der Waals surface area contributed by atoms with Gasteiger partial charge in [0.2, 0.25) is 5.91 Å². The fourth-order valence-electron chi connectivity index (χ4n) is 3.56. The summed E-state index contributed by atoms with van der Waals surface area (Å²) in [5.74, 6) is 1.82. The Balaban J connectivity index is 1.71. The summed E-state index contributed by atoms with van der Waals surface area (Å²) in [5.41, 5.74) is 3.71. The topological polar surface area (TPSA) is 84.8 Å². The first-order chi connectivity index (χ1) is 13.2. The second-order valence-corrected chi connectivity index (χ2v) is 8.63. The van der Waals surface area contributed by atoms with Crippen LogP contribution in [0.2, 0.25) is 0 Å². The van der Waals surface area contributed by atoms with Crippen molar-refractivity contribution in [1.29, 1.82) is 0 Å². The highest BCUT2D eigenvalue weighted by molar-refractivity contribution is 5.87. The first-order valence-electron chi connectivity index (χ1n) is 9.70. The molecule has 4 rings (SSSR count). The molecule has 2 N–H and O–H groups in total. The van der Waals surface area contributed by atoms with Crippen LogP contribution in [0.15, 0.2) is 24.5 Å². The van der Waals surface area contributed by atoms with Crippen LogP contribution in [0.4, 0.5) is 0 Å². The number of nitrogens with one attached hydrogen (secondary N) is 2. The van der Waals surface area contributed by atoms with E-state index in [1.54, 1.807) is 0 Å². The molecule has 7 nitrogen and oxygen atoms in total. The van der Waals surface area contributed by atoms with Gasteiger partial charge in [-0.3, -0.25) is 9.48 Å². The summed E-state index contributed by atoms with van der Waals surface area (Å²) >= 11 is 0. The Kier molecular flexibility index (Phi) is 4.40. The highest BCUT2D eigenvalue weighted by Crippen LogP contribution is 2.33. The van der Waals surface area contributed by atoms with Gasteiger partial charge in [-0.15, -0.1) is 0 Å². The molecule has 1 unspecified atom stereocenters. The molecule has 1 saturated heterocycles. The maximum atomic E-state index is 11.6. The van der Waals surface area contributed by atoms with Crippen molar-refractivity contribution in [3.05, 3.63) is 30.4 Å². The molecule has 28 heavy (non-hydrogen) atoms. The first-order valence-corrected chi connectivity index (χ1v) is 9.70. The normalized spacial score (nSPS) is 18.5. The van der Waals surface area contributed by atoms with Crippen molar-refractivity contribution in [2.24, 2.45) is 5.92 Å². The minimum absolute atomic E-state index is 0.0806. The molecule has 2 aromatic heterocycles.